The number of hydrogen-bond acceptors (Lipinski definition) is 4. The van der Waals surface area contributed by atoms with E-state index in [1.54, 1.807) is 0 Å². The van der Waals surface area contributed by atoms with Gasteiger partial charge in [-0.25, -0.2) is 0 Å². The van der Waals surface area contributed by atoms with Gasteiger partial charge >= 0.3 is 5.97 Å². The Kier molecular flexibility index (Phi) is 7.15. The minimum absolute atomic E-state index is 0.0727. The Morgan fingerprint density at radius 3 is 2.40 bits per heavy atom. The molecule has 1 amide bonds. The molecule has 0 fully saturated rings. The van der Waals surface area contributed by atoms with Crippen LogP contribution in [0.25, 0.3) is 0 Å². The topological polar surface area (TPSA) is 78.4 Å². The fourth-order valence-corrected chi connectivity index (χ4v) is 1.38. The van der Waals surface area contributed by atoms with Gasteiger partial charge in [-0.2, -0.15) is 11.8 Å². The Labute approximate surface area is 94.0 Å². The summed E-state index contributed by atoms with van der Waals surface area (Å²) in [6, 6.07) is -0.653. The summed E-state index contributed by atoms with van der Waals surface area (Å²) in [5.41, 5.74) is 0. The van der Waals surface area contributed by atoms with Crippen LogP contribution < -0.4 is 10.6 Å². The maximum Gasteiger partial charge on any atom is 0.322 e. The standard InChI is InChI=1S/C9H18N2O3S/c1-6(2)11-7(9(13)14)4-10-8(12)5-15-3/h6-7,11H,4-5H2,1-3H3,(H,10,12)(H,13,14)/t7-/m0/s1. The first-order valence-corrected chi connectivity index (χ1v) is 6.11. The number of carboxylic acids is 1. The highest BCUT2D eigenvalue weighted by Crippen LogP contribution is 1.91. The monoisotopic (exact) mass is 234 g/mol. The molecule has 0 spiro atoms. The van der Waals surface area contributed by atoms with Crippen molar-refractivity contribution in [3.8, 4) is 0 Å². The van der Waals surface area contributed by atoms with Gasteiger partial charge < -0.3 is 15.7 Å². The molecule has 3 N–H and O–H groups in total. The number of carbonyl (C=O) groups is 2. The number of rotatable bonds is 7. The third kappa shape index (κ3) is 7.21. The molecule has 0 aliphatic heterocycles. The Morgan fingerprint density at radius 2 is 2.00 bits per heavy atom. The van der Waals surface area contributed by atoms with Gasteiger partial charge in [-0.15, -0.1) is 0 Å². The van der Waals surface area contributed by atoms with E-state index in [9.17, 15) is 9.59 Å². The summed E-state index contributed by atoms with van der Waals surface area (Å²) in [7, 11) is 0. The van der Waals surface area contributed by atoms with Crippen molar-refractivity contribution >= 4 is 23.6 Å². The molecule has 15 heavy (non-hydrogen) atoms. The number of nitrogens with one attached hydrogen (secondary N) is 2. The summed E-state index contributed by atoms with van der Waals surface area (Å²) in [6.07, 6.45) is 1.82. The largest absolute Gasteiger partial charge is 0.480 e. The average Bonchev–Trinajstić information content (AvgIpc) is 2.11. The predicted molar refractivity (Wildman–Crippen MR) is 61.1 cm³/mol. The molecular formula is C9H18N2O3S. The van der Waals surface area contributed by atoms with E-state index in [4.69, 9.17) is 5.11 Å². The number of carboxylic acid groups (broad SMARTS) is 1. The molecule has 0 aromatic carbocycles. The quantitative estimate of drug-likeness (QED) is 0.574. The lowest BCUT2D eigenvalue weighted by atomic mass is 10.2. The molecule has 0 aromatic heterocycles. The summed E-state index contributed by atoms with van der Waals surface area (Å²) in [5.74, 6) is -0.735. The molecule has 5 nitrogen and oxygen atoms in total. The lowest BCUT2D eigenvalue weighted by Gasteiger charge is -2.17. The van der Waals surface area contributed by atoms with E-state index < -0.39 is 12.0 Å². The van der Waals surface area contributed by atoms with Gasteiger partial charge in [-0.05, 0) is 6.26 Å². The summed E-state index contributed by atoms with van der Waals surface area (Å²) >= 11 is 1.40. The van der Waals surface area contributed by atoms with Crippen LogP contribution in [-0.4, -0.2) is 47.6 Å². The van der Waals surface area contributed by atoms with Crippen LogP contribution >= 0.6 is 11.8 Å². The van der Waals surface area contributed by atoms with E-state index in [-0.39, 0.29) is 18.5 Å². The van der Waals surface area contributed by atoms with E-state index in [1.807, 2.05) is 20.1 Å². The van der Waals surface area contributed by atoms with Gasteiger partial charge in [-0.3, -0.25) is 9.59 Å². The number of hydrogen-bond donors (Lipinski definition) is 3. The summed E-state index contributed by atoms with van der Waals surface area (Å²) in [4.78, 5) is 21.9. The van der Waals surface area contributed by atoms with Crippen molar-refractivity contribution in [1.82, 2.24) is 10.6 Å². The molecule has 0 unspecified atom stereocenters. The van der Waals surface area contributed by atoms with E-state index in [0.29, 0.717) is 5.75 Å². The molecule has 0 rings (SSSR count). The fraction of sp³-hybridized carbons (Fsp3) is 0.778. The van der Waals surface area contributed by atoms with Crippen LogP contribution in [0.1, 0.15) is 13.8 Å². The van der Waals surface area contributed by atoms with Crippen molar-refractivity contribution in [2.45, 2.75) is 25.9 Å². The zero-order valence-electron chi connectivity index (χ0n) is 9.24. The Morgan fingerprint density at radius 1 is 1.40 bits per heavy atom. The molecule has 0 aliphatic carbocycles. The van der Waals surface area contributed by atoms with Crippen molar-refractivity contribution in [1.29, 1.82) is 0 Å². The van der Waals surface area contributed by atoms with Gasteiger partial charge in [0.2, 0.25) is 5.91 Å². The van der Waals surface area contributed by atoms with Crippen LogP contribution in [0, 0.1) is 0 Å². The second-order valence-electron chi connectivity index (χ2n) is 3.45. The third-order valence-corrected chi connectivity index (χ3v) is 2.16. The van der Waals surface area contributed by atoms with Crippen molar-refractivity contribution in [2.75, 3.05) is 18.6 Å². The Hall–Kier alpha value is -0.750. The SMILES string of the molecule is CSCC(=O)NC[C@H](NC(C)C)C(=O)O. The fourth-order valence-electron chi connectivity index (χ4n) is 1.02. The van der Waals surface area contributed by atoms with E-state index >= 15 is 0 Å². The minimum Gasteiger partial charge on any atom is -0.480 e. The minimum atomic E-state index is -0.951. The summed E-state index contributed by atoms with van der Waals surface area (Å²) < 4.78 is 0. The number of amides is 1. The van der Waals surface area contributed by atoms with Gasteiger partial charge in [0.1, 0.15) is 6.04 Å². The van der Waals surface area contributed by atoms with E-state index in [1.165, 1.54) is 11.8 Å². The Bertz CT molecular complexity index is 221. The molecule has 0 aromatic rings. The molecule has 1 atom stereocenters. The average molecular weight is 234 g/mol. The molecule has 0 aliphatic rings. The van der Waals surface area contributed by atoms with E-state index in [2.05, 4.69) is 10.6 Å². The highest BCUT2D eigenvalue weighted by Gasteiger charge is 2.18. The molecule has 0 bridgehead atoms. The zero-order chi connectivity index (χ0) is 11.8. The van der Waals surface area contributed by atoms with Gasteiger partial charge in [0, 0.05) is 12.6 Å². The lowest BCUT2D eigenvalue weighted by molar-refractivity contribution is -0.139. The second kappa shape index (κ2) is 7.53. The number of thioether (sulfide) groups is 1. The zero-order valence-corrected chi connectivity index (χ0v) is 10.1. The second-order valence-corrected chi connectivity index (χ2v) is 4.32. The van der Waals surface area contributed by atoms with Crippen LogP contribution in [0.2, 0.25) is 0 Å². The highest BCUT2D eigenvalue weighted by atomic mass is 32.2. The van der Waals surface area contributed by atoms with Crippen LogP contribution in [0.15, 0.2) is 0 Å². The van der Waals surface area contributed by atoms with Crippen LogP contribution in [0.3, 0.4) is 0 Å². The maximum absolute atomic E-state index is 11.1. The number of carbonyl (C=O) groups excluding carboxylic acids is 1. The highest BCUT2D eigenvalue weighted by molar-refractivity contribution is 7.99. The lowest BCUT2D eigenvalue weighted by Crippen LogP contribution is -2.48. The normalized spacial score (nSPS) is 12.5. The molecule has 0 heterocycles. The van der Waals surface area contributed by atoms with Crippen LogP contribution in [0.5, 0.6) is 0 Å². The van der Waals surface area contributed by atoms with Crippen molar-refractivity contribution in [2.24, 2.45) is 0 Å². The van der Waals surface area contributed by atoms with Gasteiger partial charge in [-0.1, -0.05) is 13.8 Å². The molecule has 0 saturated heterocycles. The summed E-state index contributed by atoms with van der Waals surface area (Å²) in [5, 5.41) is 14.3. The van der Waals surface area contributed by atoms with Gasteiger partial charge in [0.25, 0.3) is 0 Å². The van der Waals surface area contributed by atoms with Gasteiger partial charge in [0.15, 0.2) is 0 Å². The van der Waals surface area contributed by atoms with E-state index in [0.717, 1.165) is 0 Å². The third-order valence-electron chi connectivity index (χ3n) is 1.61. The van der Waals surface area contributed by atoms with Crippen LogP contribution in [-0.2, 0) is 9.59 Å². The first-order chi connectivity index (χ1) is 6.97. The number of aliphatic carboxylic acids is 1. The molecule has 6 heteroatoms. The smallest absolute Gasteiger partial charge is 0.322 e. The Balaban J connectivity index is 3.96. The molecule has 0 saturated carbocycles. The first kappa shape index (κ1) is 14.2. The summed E-state index contributed by atoms with van der Waals surface area (Å²) in [6.45, 7) is 3.84. The molecular weight excluding hydrogens is 216 g/mol. The predicted octanol–water partition coefficient (Wildman–Crippen LogP) is -0.0832. The van der Waals surface area contributed by atoms with Crippen LogP contribution in [0.4, 0.5) is 0 Å². The molecule has 0 radical (unpaired) electrons. The first-order valence-electron chi connectivity index (χ1n) is 4.71. The van der Waals surface area contributed by atoms with Crippen molar-refractivity contribution in [3.05, 3.63) is 0 Å². The van der Waals surface area contributed by atoms with Crippen molar-refractivity contribution < 1.29 is 14.7 Å². The van der Waals surface area contributed by atoms with Gasteiger partial charge in [0.05, 0.1) is 5.75 Å². The van der Waals surface area contributed by atoms with Crippen molar-refractivity contribution in [3.63, 3.8) is 0 Å². The molecule has 88 valence electrons. The maximum atomic E-state index is 11.1.